The Labute approximate surface area is 130 Å². The van der Waals surface area contributed by atoms with Gasteiger partial charge in [0.05, 0.1) is 28.1 Å². The van der Waals surface area contributed by atoms with Crippen molar-refractivity contribution in [3.05, 3.63) is 50.7 Å². The van der Waals surface area contributed by atoms with Crippen LogP contribution >= 0.6 is 39.1 Å². The van der Waals surface area contributed by atoms with Crippen LogP contribution in [0.5, 0.6) is 0 Å². The van der Waals surface area contributed by atoms with E-state index in [9.17, 15) is 0 Å². The van der Waals surface area contributed by atoms with E-state index in [1.807, 2.05) is 19.1 Å². The third-order valence-corrected chi connectivity index (χ3v) is 3.88. The molecule has 0 aliphatic carbocycles. The molecule has 1 heterocycles. The number of rotatable bonds is 3. The second-order valence-corrected chi connectivity index (χ2v) is 5.82. The summed E-state index contributed by atoms with van der Waals surface area (Å²) < 4.78 is 0.810. The summed E-state index contributed by atoms with van der Waals surface area (Å²) in [6.45, 7) is 2.00. The molecule has 0 saturated carbocycles. The van der Waals surface area contributed by atoms with E-state index >= 15 is 0 Å². The minimum Gasteiger partial charge on any atom is -0.396 e. The third kappa shape index (κ3) is 3.32. The lowest BCUT2D eigenvalue weighted by Crippen LogP contribution is -2.09. The average Bonchev–Trinajstić information content (AvgIpc) is 2.33. The number of anilines is 2. The highest BCUT2D eigenvalue weighted by Crippen LogP contribution is 2.33. The summed E-state index contributed by atoms with van der Waals surface area (Å²) in [6, 6.07) is 5.42. The van der Waals surface area contributed by atoms with Crippen LogP contribution in [0, 0.1) is 0 Å². The Morgan fingerprint density at radius 3 is 2.68 bits per heavy atom. The van der Waals surface area contributed by atoms with Gasteiger partial charge in [0.15, 0.2) is 0 Å². The highest BCUT2D eigenvalue weighted by molar-refractivity contribution is 9.10. The van der Waals surface area contributed by atoms with Crippen LogP contribution in [0.3, 0.4) is 0 Å². The van der Waals surface area contributed by atoms with Gasteiger partial charge in [0.1, 0.15) is 0 Å². The Bertz CT molecular complexity index is 584. The molecule has 1 unspecified atom stereocenters. The second kappa shape index (κ2) is 5.99. The van der Waals surface area contributed by atoms with Crippen LogP contribution < -0.4 is 11.1 Å². The molecule has 1 atom stereocenters. The van der Waals surface area contributed by atoms with Gasteiger partial charge in [-0.1, -0.05) is 29.3 Å². The van der Waals surface area contributed by atoms with Crippen molar-refractivity contribution < 1.29 is 0 Å². The van der Waals surface area contributed by atoms with Crippen molar-refractivity contribution in [3.8, 4) is 0 Å². The quantitative estimate of drug-likeness (QED) is 0.817. The van der Waals surface area contributed by atoms with Crippen LogP contribution in [-0.4, -0.2) is 4.98 Å². The van der Waals surface area contributed by atoms with E-state index in [1.165, 1.54) is 0 Å². The Hall–Kier alpha value is -0.970. The van der Waals surface area contributed by atoms with E-state index in [2.05, 4.69) is 26.2 Å². The zero-order valence-corrected chi connectivity index (χ0v) is 13.2. The van der Waals surface area contributed by atoms with E-state index in [1.54, 1.807) is 18.5 Å². The van der Waals surface area contributed by atoms with Gasteiger partial charge in [0, 0.05) is 16.2 Å². The fourth-order valence-corrected chi connectivity index (χ4v) is 2.78. The molecule has 2 rings (SSSR count). The third-order valence-electron chi connectivity index (χ3n) is 2.72. The van der Waals surface area contributed by atoms with E-state index in [0.29, 0.717) is 15.7 Å². The summed E-state index contributed by atoms with van der Waals surface area (Å²) in [5, 5.41) is 4.55. The first-order valence-corrected chi connectivity index (χ1v) is 7.14. The molecular weight excluding hydrogens is 349 g/mol. The Kier molecular flexibility index (Phi) is 4.55. The van der Waals surface area contributed by atoms with Gasteiger partial charge in [0.25, 0.3) is 0 Å². The molecule has 0 spiro atoms. The van der Waals surface area contributed by atoms with Gasteiger partial charge in [-0.3, -0.25) is 4.98 Å². The van der Waals surface area contributed by atoms with Gasteiger partial charge in [0.2, 0.25) is 0 Å². The number of aromatic nitrogens is 1. The van der Waals surface area contributed by atoms with Gasteiger partial charge in [-0.2, -0.15) is 0 Å². The molecule has 0 bridgehead atoms. The van der Waals surface area contributed by atoms with E-state index in [0.717, 1.165) is 15.7 Å². The number of nitrogens with one attached hydrogen (secondary N) is 1. The summed E-state index contributed by atoms with van der Waals surface area (Å²) >= 11 is 15.5. The van der Waals surface area contributed by atoms with Crippen LogP contribution in [-0.2, 0) is 0 Å². The van der Waals surface area contributed by atoms with Crippen molar-refractivity contribution in [2.75, 3.05) is 11.1 Å². The fourth-order valence-electron chi connectivity index (χ4n) is 1.75. The lowest BCUT2D eigenvalue weighted by atomic mass is 10.1. The first-order chi connectivity index (χ1) is 8.99. The molecule has 3 nitrogen and oxygen atoms in total. The number of benzene rings is 1. The standard InChI is InChI=1S/C13H12BrCl2N3/c1-7(9-3-2-8(15)4-11(9)16)19-13-10(14)5-18-6-12(13)17/h2-7H,17H2,1H3,(H,18,19). The highest BCUT2D eigenvalue weighted by Gasteiger charge is 2.13. The van der Waals surface area contributed by atoms with E-state index in [-0.39, 0.29) is 6.04 Å². The van der Waals surface area contributed by atoms with Gasteiger partial charge in [-0.25, -0.2) is 0 Å². The summed E-state index contributed by atoms with van der Waals surface area (Å²) in [5.74, 6) is 0. The molecule has 0 amide bonds. The molecular formula is C13H12BrCl2N3. The van der Waals surface area contributed by atoms with Crippen LogP contribution in [0.2, 0.25) is 10.0 Å². The first kappa shape index (κ1) is 14.4. The molecule has 2 aromatic rings. The molecule has 0 aliphatic rings. The zero-order valence-electron chi connectivity index (χ0n) is 10.1. The molecule has 100 valence electrons. The largest absolute Gasteiger partial charge is 0.396 e. The Morgan fingerprint density at radius 1 is 1.32 bits per heavy atom. The summed E-state index contributed by atoms with van der Waals surface area (Å²) in [6.07, 6.45) is 3.29. The van der Waals surface area contributed by atoms with Crippen molar-refractivity contribution in [2.45, 2.75) is 13.0 Å². The summed E-state index contributed by atoms with van der Waals surface area (Å²) in [5.41, 5.74) is 8.23. The maximum Gasteiger partial charge on any atom is 0.0754 e. The van der Waals surface area contributed by atoms with Crippen molar-refractivity contribution in [3.63, 3.8) is 0 Å². The van der Waals surface area contributed by atoms with Gasteiger partial charge in [-0.05, 0) is 40.5 Å². The molecule has 0 aliphatic heterocycles. The number of hydrogen-bond donors (Lipinski definition) is 2. The van der Waals surface area contributed by atoms with Gasteiger partial charge in [-0.15, -0.1) is 0 Å². The smallest absolute Gasteiger partial charge is 0.0754 e. The van der Waals surface area contributed by atoms with Crippen LogP contribution in [0.4, 0.5) is 11.4 Å². The minimum atomic E-state index is -0.00855. The first-order valence-electron chi connectivity index (χ1n) is 5.59. The average molecular weight is 361 g/mol. The zero-order chi connectivity index (χ0) is 14.0. The number of nitrogen functional groups attached to an aromatic ring is 1. The lowest BCUT2D eigenvalue weighted by Gasteiger charge is -2.19. The normalized spacial score (nSPS) is 12.2. The minimum absolute atomic E-state index is 0.00855. The van der Waals surface area contributed by atoms with Crippen molar-refractivity contribution in [2.24, 2.45) is 0 Å². The Morgan fingerprint density at radius 2 is 2.05 bits per heavy atom. The summed E-state index contributed by atoms with van der Waals surface area (Å²) in [7, 11) is 0. The number of nitrogens with zero attached hydrogens (tertiary/aromatic N) is 1. The number of hydrogen-bond acceptors (Lipinski definition) is 3. The van der Waals surface area contributed by atoms with Crippen LogP contribution in [0.15, 0.2) is 35.1 Å². The predicted octanol–water partition coefficient (Wildman–Crippen LogP) is 4.91. The molecule has 0 radical (unpaired) electrons. The van der Waals surface area contributed by atoms with E-state index < -0.39 is 0 Å². The fraction of sp³-hybridized carbons (Fsp3) is 0.154. The molecule has 0 saturated heterocycles. The Balaban J connectivity index is 2.28. The molecule has 1 aromatic carbocycles. The molecule has 0 fully saturated rings. The van der Waals surface area contributed by atoms with Gasteiger partial charge >= 0.3 is 0 Å². The molecule has 19 heavy (non-hydrogen) atoms. The maximum atomic E-state index is 6.19. The topological polar surface area (TPSA) is 50.9 Å². The number of pyridine rings is 1. The predicted molar refractivity (Wildman–Crippen MR) is 84.8 cm³/mol. The number of nitrogens with two attached hydrogens (primary N) is 1. The number of halogens is 3. The van der Waals surface area contributed by atoms with Crippen LogP contribution in [0.1, 0.15) is 18.5 Å². The molecule has 6 heteroatoms. The lowest BCUT2D eigenvalue weighted by molar-refractivity contribution is 0.884. The van der Waals surface area contributed by atoms with E-state index in [4.69, 9.17) is 28.9 Å². The highest BCUT2D eigenvalue weighted by atomic mass is 79.9. The monoisotopic (exact) mass is 359 g/mol. The molecule has 1 aromatic heterocycles. The van der Waals surface area contributed by atoms with Crippen molar-refractivity contribution >= 4 is 50.5 Å². The summed E-state index contributed by atoms with van der Waals surface area (Å²) in [4.78, 5) is 4.00. The SMILES string of the molecule is CC(Nc1c(N)cncc1Br)c1ccc(Cl)cc1Cl. The molecule has 3 N–H and O–H groups in total. The van der Waals surface area contributed by atoms with Crippen LogP contribution in [0.25, 0.3) is 0 Å². The van der Waals surface area contributed by atoms with Gasteiger partial charge < -0.3 is 11.1 Å². The maximum absolute atomic E-state index is 6.19. The van der Waals surface area contributed by atoms with Crippen molar-refractivity contribution in [1.82, 2.24) is 4.98 Å². The van der Waals surface area contributed by atoms with Crippen molar-refractivity contribution in [1.29, 1.82) is 0 Å². The second-order valence-electron chi connectivity index (χ2n) is 4.12.